The van der Waals surface area contributed by atoms with E-state index < -0.39 is 0 Å². The first-order valence-electron chi connectivity index (χ1n) is 7.82. The molecule has 0 spiro atoms. The van der Waals surface area contributed by atoms with Crippen LogP contribution in [0.5, 0.6) is 0 Å². The minimum atomic E-state index is 0.758. The van der Waals surface area contributed by atoms with E-state index in [1.165, 1.54) is 5.56 Å². The maximum absolute atomic E-state index is 4.87. The fourth-order valence-corrected chi connectivity index (χ4v) is 3.14. The van der Waals surface area contributed by atoms with E-state index in [2.05, 4.69) is 58.4 Å². The summed E-state index contributed by atoms with van der Waals surface area (Å²) >= 11 is 3.48. The van der Waals surface area contributed by atoms with Gasteiger partial charge in [0.25, 0.3) is 0 Å². The molecule has 1 aromatic heterocycles. The predicted molar refractivity (Wildman–Crippen MR) is 103 cm³/mol. The Morgan fingerprint density at radius 2 is 1.38 bits per heavy atom. The third-order valence-corrected chi connectivity index (χ3v) is 4.66. The first-order valence-corrected chi connectivity index (χ1v) is 8.95. The number of alkyl halides is 1. The van der Waals surface area contributed by atoms with E-state index in [4.69, 9.17) is 9.97 Å². The molecule has 0 fully saturated rings. The van der Waals surface area contributed by atoms with Crippen LogP contribution in [0.15, 0.2) is 78.9 Å². The van der Waals surface area contributed by atoms with Gasteiger partial charge < -0.3 is 0 Å². The molecule has 0 saturated carbocycles. The zero-order chi connectivity index (χ0) is 16.4. The molecule has 0 unspecified atom stereocenters. The molecular weight excluding hydrogens is 360 g/mol. The molecule has 116 valence electrons. The molecule has 24 heavy (non-hydrogen) atoms. The van der Waals surface area contributed by atoms with Crippen LogP contribution in [0.2, 0.25) is 0 Å². The third kappa shape index (κ3) is 2.83. The normalized spacial score (nSPS) is 10.9. The van der Waals surface area contributed by atoms with Crippen molar-refractivity contribution in [1.82, 2.24) is 9.97 Å². The Morgan fingerprint density at radius 1 is 0.667 bits per heavy atom. The largest absolute Gasteiger partial charge is 0.228 e. The summed E-state index contributed by atoms with van der Waals surface area (Å²) in [6.07, 6.45) is 0. The lowest BCUT2D eigenvalue weighted by Gasteiger charge is -2.09. The SMILES string of the molecule is BrCc1ccc(-c2nc(-c3ccccc3)c3ccccc3n2)cc1. The van der Waals surface area contributed by atoms with E-state index in [0.29, 0.717) is 0 Å². The Bertz CT molecular complexity index is 980. The molecule has 0 aliphatic heterocycles. The summed E-state index contributed by atoms with van der Waals surface area (Å²) in [5, 5.41) is 1.92. The Kier molecular flexibility index (Phi) is 4.09. The van der Waals surface area contributed by atoms with Gasteiger partial charge >= 0.3 is 0 Å². The quantitative estimate of drug-likeness (QED) is 0.419. The van der Waals surface area contributed by atoms with Gasteiger partial charge in [-0.25, -0.2) is 9.97 Å². The van der Waals surface area contributed by atoms with Crippen molar-refractivity contribution in [2.24, 2.45) is 0 Å². The molecule has 3 heteroatoms. The van der Waals surface area contributed by atoms with Crippen molar-refractivity contribution >= 4 is 26.8 Å². The van der Waals surface area contributed by atoms with Crippen molar-refractivity contribution in [3.05, 3.63) is 84.4 Å². The molecule has 4 aromatic rings. The number of hydrogen-bond acceptors (Lipinski definition) is 2. The van der Waals surface area contributed by atoms with Gasteiger partial charge in [-0.2, -0.15) is 0 Å². The summed E-state index contributed by atoms with van der Waals surface area (Å²) in [5.74, 6) is 0.758. The third-order valence-electron chi connectivity index (χ3n) is 4.02. The number of benzene rings is 3. The van der Waals surface area contributed by atoms with Crippen LogP contribution < -0.4 is 0 Å². The van der Waals surface area contributed by atoms with Crippen molar-refractivity contribution in [3.63, 3.8) is 0 Å². The number of nitrogens with zero attached hydrogens (tertiary/aromatic N) is 2. The molecule has 0 radical (unpaired) electrons. The highest BCUT2D eigenvalue weighted by Gasteiger charge is 2.10. The van der Waals surface area contributed by atoms with Crippen LogP contribution in [-0.4, -0.2) is 9.97 Å². The lowest BCUT2D eigenvalue weighted by atomic mass is 10.1. The standard InChI is InChI=1S/C21H15BrN2/c22-14-15-10-12-17(13-11-15)21-23-19-9-5-4-8-18(19)20(24-21)16-6-2-1-3-7-16/h1-13H,14H2. The number of para-hydroxylation sites is 1. The first kappa shape index (κ1) is 15.0. The smallest absolute Gasteiger partial charge is 0.160 e. The Labute approximate surface area is 149 Å². The number of fused-ring (bicyclic) bond motifs is 1. The summed E-state index contributed by atoms with van der Waals surface area (Å²) in [7, 11) is 0. The molecule has 0 saturated heterocycles. The summed E-state index contributed by atoms with van der Waals surface area (Å²) < 4.78 is 0. The van der Waals surface area contributed by atoms with Gasteiger partial charge in [0.15, 0.2) is 5.82 Å². The molecule has 0 atom stereocenters. The molecule has 1 heterocycles. The number of aromatic nitrogens is 2. The van der Waals surface area contributed by atoms with Crippen LogP contribution in [0, 0.1) is 0 Å². The van der Waals surface area contributed by atoms with Crippen molar-refractivity contribution in [3.8, 4) is 22.6 Å². The number of hydrogen-bond donors (Lipinski definition) is 0. The van der Waals surface area contributed by atoms with E-state index >= 15 is 0 Å². The van der Waals surface area contributed by atoms with Gasteiger partial charge in [0, 0.05) is 21.8 Å². The molecule has 0 bridgehead atoms. The topological polar surface area (TPSA) is 25.8 Å². The molecule has 0 aliphatic rings. The molecule has 2 nitrogen and oxygen atoms in total. The van der Waals surface area contributed by atoms with Gasteiger partial charge in [-0.1, -0.05) is 88.7 Å². The second kappa shape index (κ2) is 6.54. The van der Waals surface area contributed by atoms with Gasteiger partial charge in [0.2, 0.25) is 0 Å². The molecule has 3 aromatic carbocycles. The van der Waals surface area contributed by atoms with Crippen molar-refractivity contribution in [2.45, 2.75) is 5.33 Å². The lowest BCUT2D eigenvalue weighted by Crippen LogP contribution is -1.95. The highest BCUT2D eigenvalue weighted by molar-refractivity contribution is 9.08. The van der Waals surface area contributed by atoms with Gasteiger partial charge in [-0.05, 0) is 11.6 Å². The van der Waals surface area contributed by atoms with E-state index in [1.807, 2.05) is 36.4 Å². The second-order valence-corrected chi connectivity index (χ2v) is 6.17. The maximum Gasteiger partial charge on any atom is 0.160 e. The number of rotatable bonds is 3. The summed E-state index contributed by atoms with van der Waals surface area (Å²) in [6, 6.07) is 26.8. The highest BCUT2D eigenvalue weighted by atomic mass is 79.9. The van der Waals surface area contributed by atoms with Crippen LogP contribution in [0.25, 0.3) is 33.5 Å². The highest BCUT2D eigenvalue weighted by Crippen LogP contribution is 2.29. The summed E-state index contributed by atoms with van der Waals surface area (Å²) in [4.78, 5) is 9.64. The van der Waals surface area contributed by atoms with Crippen molar-refractivity contribution in [1.29, 1.82) is 0 Å². The van der Waals surface area contributed by atoms with Crippen molar-refractivity contribution in [2.75, 3.05) is 0 Å². The molecule has 4 rings (SSSR count). The fourth-order valence-electron chi connectivity index (χ4n) is 2.76. The van der Waals surface area contributed by atoms with E-state index in [-0.39, 0.29) is 0 Å². The van der Waals surface area contributed by atoms with E-state index in [0.717, 1.165) is 38.9 Å². The van der Waals surface area contributed by atoms with Crippen LogP contribution in [-0.2, 0) is 5.33 Å². The zero-order valence-electron chi connectivity index (χ0n) is 13.0. The minimum absolute atomic E-state index is 0.758. The summed E-state index contributed by atoms with van der Waals surface area (Å²) in [6.45, 7) is 0. The van der Waals surface area contributed by atoms with Gasteiger partial charge in [0.05, 0.1) is 11.2 Å². The van der Waals surface area contributed by atoms with Crippen molar-refractivity contribution < 1.29 is 0 Å². The first-order chi connectivity index (χ1) is 11.8. The van der Waals surface area contributed by atoms with Gasteiger partial charge in [0.1, 0.15) is 0 Å². The van der Waals surface area contributed by atoms with Gasteiger partial charge in [-0.15, -0.1) is 0 Å². The predicted octanol–water partition coefficient (Wildman–Crippen LogP) is 5.86. The monoisotopic (exact) mass is 374 g/mol. The van der Waals surface area contributed by atoms with E-state index in [9.17, 15) is 0 Å². The summed E-state index contributed by atoms with van der Waals surface area (Å²) in [5.41, 5.74) is 5.31. The minimum Gasteiger partial charge on any atom is -0.228 e. The van der Waals surface area contributed by atoms with Crippen LogP contribution in [0.1, 0.15) is 5.56 Å². The molecular formula is C21H15BrN2. The Morgan fingerprint density at radius 3 is 2.12 bits per heavy atom. The lowest BCUT2D eigenvalue weighted by molar-refractivity contribution is 1.23. The van der Waals surface area contributed by atoms with Crippen LogP contribution in [0.4, 0.5) is 0 Å². The molecule has 0 N–H and O–H groups in total. The van der Waals surface area contributed by atoms with E-state index in [1.54, 1.807) is 0 Å². The van der Waals surface area contributed by atoms with Crippen LogP contribution >= 0.6 is 15.9 Å². The maximum atomic E-state index is 4.87. The molecule has 0 aliphatic carbocycles. The fraction of sp³-hybridized carbons (Fsp3) is 0.0476. The second-order valence-electron chi connectivity index (χ2n) is 5.61. The number of halogens is 1. The van der Waals surface area contributed by atoms with Gasteiger partial charge in [-0.3, -0.25) is 0 Å². The average Bonchev–Trinajstić information content (AvgIpc) is 2.68. The average molecular weight is 375 g/mol. The zero-order valence-corrected chi connectivity index (χ0v) is 14.6. The Hall–Kier alpha value is -2.52. The molecule has 0 amide bonds. The Balaban J connectivity index is 1.94. The van der Waals surface area contributed by atoms with Crippen LogP contribution in [0.3, 0.4) is 0 Å².